The molecule has 0 spiro atoms. The number of anilines is 1. The molecule has 2 fully saturated rings. The van der Waals surface area contributed by atoms with Gasteiger partial charge in [-0.05, 0) is 42.7 Å². The van der Waals surface area contributed by atoms with Crippen LogP contribution in [0.5, 0.6) is 0 Å². The van der Waals surface area contributed by atoms with Crippen LogP contribution in [-0.2, 0) is 26.1 Å². The van der Waals surface area contributed by atoms with Gasteiger partial charge in [-0.25, -0.2) is 13.4 Å². The van der Waals surface area contributed by atoms with Gasteiger partial charge >= 0.3 is 0 Å². The Balaban J connectivity index is 1.29. The Hall–Kier alpha value is -2.56. The molecule has 2 aliphatic rings. The lowest BCUT2D eigenvalue weighted by Gasteiger charge is -2.30. The number of ether oxygens (including phenoxy) is 1. The number of carbonyl (C=O) groups is 1. The minimum absolute atomic E-state index is 0.0387. The highest BCUT2D eigenvalue weighted by molar-refractivity contribution is 7.89. The molecule has 10 heteroatoms. The number of hydrogen-bond acceptors (Lipinski definition) is 7. The second-order valence-corrected chi connectivity index (χ2v) is 9.64. The van der Waals surface area contributed by atoms with E-state index in [0.717, 1.165) is 24.5 Å². The predicted octanol–water partition coefficient (Wildman–Crippen LogP) is 1.03. The molecule has 2 aromatic rings. The van der Waals surface area contributed by atoms with Gasteiger partial charge < -0.3 is 15.0 Å². The van der Waals surface area contributed by atoms with Crippen LogP contribution in [0.3, 0.4) is 0 Å². The van der Waals surface area contributed by atoms with E-state index < -0.39 is 10.0 Å². The SMILES string of the molecule is O=C(NCc1ccnc(N2CCOCC2)c1)C1CCN(S(=O)(=O)c2cccnc2)CC1. The number of nitrogens with zero attached hydrogens (tertiary/aromatic N) is 4. The van der Waals surface area contributed by atoms with E-state index >= 15 is 0 Å². The van der Waals surface area contributed by atoms with Crippen LogP contribution < -0.4 is 10.2 Å². The summed E-state index contributed by atoms with van der Waals surface area (Å²) in [7, 11) is -3.56. The molecule has 4 heterocycles. The van der Waals surface area contributed by atoms with Crippen molar-refractivity contribution >= 4 is 21.7 Å². The first-order valence-electron chi connectivity index (χ1n) is 10.5. The summed E-state index contributed by atoms with van der Waals surface area (Å²) < 4.78 is 32.2. The smallest absolute Gasteiger partial charge is 0.244 e. The Kier molecular flexibility index (Phi) is 6.79. The summed E-state index contributed by atoms with van der Waals surface area (Å²) in [6, 6.07) is 7.04. The van der Waals surface area contributed by atoms with Crippen LogP contribution in [0.15, 0.2) is 47.8 Å². The highest BCUT2D eigenvalue weighted by atomic mass is 32.2. The standard InChI is InChI=1S/C21H27N5O4S/c27-21(24-15-17-3-7-23-20(14-17)25-10-12-30-13-11-25)18-4-8-26(9-5-18)31(28,29)19-2-1-6-22-16-19/h1-3,6-7,14,16,18H,4-5,8-13,15H2,(H,24,27). The van der Waals surface area contributed by atoms with Gasteiger partial charge in [0.15, 0.2) is 0 Å². The van der Waals surface area contributed by atoms with E-state index in [-0.39, 0.29) is 16.7 Å². The zero-order valence-electron chi connectivity index (χ0n) is 17.3. The van der Waals surface area contributed by atoms with E-state index in [1.54, 1.807) is 24.5 Å². The lowest BCUT2D eigenvalue weighted by Crippen LogP contribution is -2.42. The van der Waals surface area contributed by atoms with E-state index in [9.17, 15) is 13.2 Å². The Labute approximate surface area is 182 Å². The van der Waals surface area contributed by atoms with Crippen LogP contribution in [0.4, 0.5) is 5.82 Å². The minimum atomic E-state index is -3.56. The molecule has 2 saturated heterocycles. The average Bonchev–Trinajstić information content (AvgIpc) is 2.84. The molecule has 0 saturated carbocycles. The van der Waals surface area contributed by atoms with Crippen molar-refractivity contribution in [1.82, 2.24) is 19.6 Å². The Morgan fingerprint density at radius 3 is 2.61 bits per heavy atom. The number of rotatable bonds is 6. The number of aromatic nitrogens is 2. The van der Waals surface area contributed by atoms with Gasteiger partial charge in [0, 0.05) is 57.2 Å². The summed E-state index contributed by atoms with van der Waals surface area (Å²) in [4.78, 5) is 23.3. The Morgan fingerprint density at radius 2 is 1.90 bits per heavy atom. The average molecular weight is 446 g/mol. The van der Waals surface area contributed by atoms with Gasteiger partial charge in [-0.3, -0.25) is 9.78 Å². The molecule has 9 nitrogen and oxygen atoms in total. The molecule has 0 aromatic carbocycles. The maximum Gasteiger partial charge on any atom is 0.244 e. The lowest BCUT2D eigenvalue weighted by atomic mass is 9.97. The monoisotopic (exact) mass is 445 g/mol. The third-order valence-corrected chi connectivity index (χ3v) is 7.59. The van der Waals surface area contributed by atoms with Gasteiger partial charge in [0.05, 0.1) is 13.2 Å². The number of hydrogen-bond donors (Lipinski definition) is 1. The van der Waals surface area contributed by atoms with Crippen molar-refractivity contribution in [3.63, 3.8) is 0 Å². The Morgan fingerprint density at radius 1 is 1.13 bits per heavy atom. The number of carbonyl (C=O) groups excluding carboxylic acids is 1. The number of piperidine rings is 1. The molecule has 2 aromatic heterocycles. The lowest BCUT2D eigenvalue weighted by molar-refractivity contribution is -0.126. The van der Waals surface area contributed by atoms with Gasteiger partial charge in [-0.1, -0.05) is 0 Å². The van der Waals surface area contributed by atoms with Crippen LogP contribution in [0.1, 0.15) is 18.4 Å². The van der Waals surface area contributed by atoms with Gasteiger partial charge in [-0.15, -0.1) is 0 Å². The van der Waals surface area contributed by atoms with Gasteiger partial charge in [0.25, 0.3) is 0 Å². The number of amides is 1. The van der Waals surface area contributed by atoms with E-state index in [4.69, 9.17) is 4.74 Å². The molecule has 0 aliphatic carbocycles. The maximum atomic E-state index is 12.7. The highest BCUT2D eigenvalue weighted by Crippen LogP contribution is 2.23. The van der Waals surface area contributed by atoms with E-state index in [2.05, 4.69) is 20.2 Å². The first kappa shape index (κ1) is 21.7. The number of pyridine rings is 2. The maximum absolute atomic E-state index is 12.7. The summed E-state index contributed by atoms with van der Waals surface area (Å²) in [5.41, 5.74) is 0.987. The second kappa shape index (κ2) is 9.71. The first-order valence-corrected chi connectivity index (χ1v) is 11.9. The van der Waals surface area contributed by atoms with Gasteiger partial charge in [0.1, 0.15) is 10.7 Å². The van der Waals surface area contributed by atoms with Crippen molar-refractivity contribution in [3.05, 3.63) is 48.4 Å². The van der Waals surface area contributed by atoms with Crippen molar-refractivity contribution in [2.45, 2.75) is 24.3 Å². The molecule has 31 heavy (non-hydrogen) atoms. The van der Waals surface area contributed by atoms with Crippen molar-refractivity contribution in [2.75, 3.05) is 44.3 Å². The summed E-state index contributed by atoms with van der Waals surface area (Å²) in [6.07, 6.45) is 5.66. The van der Waals surface area contributed by atoms with Crippen LogP contribution in [-0.4, -0.2) is 68.0 Å². The molecule has 1 amide bonds. The second-order valence-electron chi connectivity index (χ2n) is 7.71. The first-order chi connectivity index (χ1) is 15.0. The topological polar surface area (TPSA) is 105 Å². The third-order valence-electron chi connectivity index (χ3n) is 5.71. The normalized spacial score (nSPS) is 18.6. The zero-order chi connectivity index (χ0) is 21.7. The molecule has 2 aliphatic heterocycles. The van der Waals surface area contributed by atoms with Gasteiger partial charge in [-0.2, -0.15) is 4.31 Å². The van der Waals surface area contributed by atoms with Crippen molar-refractivity contribution in [2.24, 2.45) is 5.92 Å². The molecule has 166 valence electrons. The fourth-order valence-electron chi connectivity index (χ4n) is 3.88. The molecule has 0 radical (unpaired) electrons. The quantitative estimate of drug-likeness (QED) is 0.708. The fraction of sp³-hybridized carbons (Fsp3) is 0.476. The van der Waals surface area contributed by atoms with Crippen molar-refractivity contribution in [1.29, 1.82) is 0 Å². The molecule has 1 N–H and O–H groups in total. The van der Waals surface area contributed by atoms with Crippen LogP contribution in [0, 0.1) is 5.92 Å². The van der Waals surface area contributed by atoms with E-state index in [1.807, 2.05) is 12.1 Å². The van der Waals surface area contributed by atoms with Crippen LogP contribution >= 0.6 is 0 Å². The van der Waals surface area contributed by atoms with Crippen LogP contribution in [0.25, 0.3) is 0 Å². The Bertz CT molecular complexity index is 988. The molecule has 4 rings (SSSR count). The number of morpholine rings is 1. The number of sulfonamides is 1. The molecule has 0 bridgehead atoms. The highest BCUT2D eigenvalue weighted by Gasteiger charge is 2.32. The summed E-state index contributed by atoms with van der Waals surface area (Å²) in [6.45, 7) is 4.08. The zero-order valence-corrected chi connectivity index (χ0v) is 18.1. The van der Waals surface area contributed by atoms with Crippen LogP contribution in [0.2, 0.25) is 0 Å². The fourth-order valence-corrected chi connectivity index (χ4v) is 5.31. The summed E-state index contributed by atoms with van der Waals surface area (Å²) in [5, 5.41) is 3.00. The molecule has 0 atom stereocenters. The van der Waals surface area contributed by atoms with E-state index in [0.29, 0.717) is 45.7 Å². The molecular formula is C21H27N5O4S. The largest absolute Gasteiger partial charge is 0.378 e. The molecular weight excluding hydrogens is 418 g/mol. The molecule has 0 unspecified atom stereocenters. The van der Waals surface area contributed by atoms with Gasteiger partial charge in [0.2, 0.25) is 15.9 Å². The summed E-state index contributed by atoms with van der Waals surface area (Å²) in [5.74, 6) is 0.660. The predicted molar refractivity (Wildman–Crippen MR) is 115 cm³/mol. The van der Waals surface area contributed by atoms with Crippen molar-refractivity contribution in [3.8, 4) is 0 Å². The van der Waals surface area contributed by atoms with Crippen molar-refractivity contribution < 1.29 is 17.9 Å². The summed E-state index contributed by atoms with van der Waals surface area (Å²) >= 11 is 0. The van der Waals surface area contributed by atoms with E-state index in [1.165, 1.54) is 10.5 Å². The third kappa shape index (κ3) is 5.20. The number of nitrogens with one attached hydrogen (secondary N) is 1. The minimum Gasteiger partial charge on any atom is -0.378 e.